The highest BCUT2D eigenvalue weighted by Gasteiger charge is 2.23. The van der Waals surface area contributed by atoms with E-state index in [-0.39, 0.29) is 0 Å². The molecule has 0 saturated carbocycles. The number of unbranched alkanes of at least 4 members (excludes halogenated alkanes) is 1. The van der Waals surface area contributed by atoms with Crippen molar-refractivity contribution in [1.29, 1.82) is 0 Å². The van der Waals surface area contributed by atoms with Gasteiger partial charge in [-0.25, -0.2) is 9.98 Å². The van der Waals surface area contributed by atoms with Crippen molar-refractivity contribution in [2.24, 2.45) is 4.99 Å². The van der Waals surface area contributed by atoms with Crippen molar-refractivity contribution < 1.29 is 5.11 Å². The van der Waals surface area contributed by atoms with Crippen molar-refractivity contribution in [3.63, 3.8) is 0 Å². The van der Waals surface area contributed by atoms with Gasteiger partial charge in [0.1, 0.15) is 11.4 Å². The van der Waals surface area contributed by atoms with Crippen LogP contribution in [0.5, 0.6) is 0 Å². The summed E-state index contributed by atoms with van der Waals surface area (Å²) in [4.78, 5) is 8.77. The summed E-state index contributed by atoms with van der Waals surface area (Å²) in [7, 11) is 0. The second-order valence-corrected chi connectivity index (χ2v) is 7.04. The Morgan fingerprint density at radius 2 is 2.08 bits per heavy atom. The van der Waals surface area contributed by atoms with Crippen molar-refractivity contribution in [2.45, 2.75) is 32.3 Å². The number of aliphatic imine (C=N–C) groups is 1. The zero-order valence-electron chi connectivity index (χ0n) is 15.5. The zero-order valence-corrected chi connectivity index (χ0v) is 16.4. The number of thiophene rings is 1. The van der Waals surface area contributed by atoms with Crippen LogP contribution >= 0.6 is 11.3 Å². The van der Waals surface area contributed by atoms with E-state index in [1.165, 1.54) is 0 Å². The fourth-order valence-corrected chi connectivity index (χ4v) is 3.16. The molecule has 6 nitrogen and oxygen atoms in total. The van der Waals surface area contributed by atoms with Crippen LogP contribution in [0, 0.1) is 0 Å². The maximum absolute atomic E-state index is 10.6. The first kappa shape index (κ1) is 20.2. The predicted molar refractivity (Wildman–Crippen MR) is 110 cm³/mol. The smallest absolute Gasteiger partial charge is 0.191 e. The lowest BCUT2D eigenvalue weighted by atomic mass is 10.00. The molecule has 0 amide bonds. The van der Waals surface area contributed by atoms with Gasteiger partial charge in [0.2, 0.25) is 0 Å². The number of aromatic nitrogens is 1. The molecule has 0 saturated heterocycles. The van der Waals surface area contributed by atoms with Crippen molar-refractivity contribution in [2.75, 3.05) is 31.5 Å². The summed E-state index contributed by atoms with van der Waals surface area (Å²) in [6, 6.07) is 7.79. The van der Waals surface area contributed by atoms with Gasteiger partial charge in [0.25, 0.3) is 0 Å². The molecule has 142 valence electrons. The SMILES string of the molecule is CCNC(=NCC(C)(O)c1ccsc1)NCCCCNc1ccccn1. The van der Waals surface area contributed by atoms with E-state index in [1.807, 2.05) is 41.9 Å². The number of hydrogen-bond donors (Lipinski definition) is 4. The standard InChI is InChI=1S/C19H29N5OS/c1-3-20-18(24-15-19(2,25)16-9-13-26-14-16)23-12-7-6-11-22-17-8-4-5-10-21-17/h4-5,8-10,13-14,25H,3,6-7,11-12,15H2,1-2H3,(H,21,22)(H2,20,23,24). The molecule has 0 fully saturated rings. The highest BCUT2D eigenvalue weighted by molar-refractivity contribution is 7.08. The third-order valence-electron chi connectivity index (χ3n) is 3.90. The van der Waals surface area contributed by atoms with Crippen LogP contribution in [0.1, 0.15) is 32.3 Å². The summed E-state index contributed by atoms with van der Waals surface area (Å²) < 4.78 is 0. The van der Waals surface area contributed by atoms with E-state index < -0.39 is 5.60 Å². The predicted octanol–water partition coefficient (Wildman–Crippen LogP) is 2.80. The van der Waals surface area contributed by atoms with Gasteiger partial charge in [-0.3, -0.25) is 0 Å². The van der Waals surface area contributed by atoms with Gasteiger partial charge in [0.15, 0.2) is 5.96 Å². The van der Waals surface area contributed by atoms with E-state index in [0.29, 0.717) is 6.54 Å². The third-order valence-corrected chi connectivity index (χ3v) is 4.58. The van der Waals surface area contributed by atoms with E-state index in [2.05, 4.69) is 25.9 Å². The Kier molecular flexibility index (Phi) is 8.37. The van der Waals surface area contributed by atoms with Crippen LogP contribution in [0.15, 0.2) is 46.2 Å². The first-order valence-electron chi connectivity index (χ1n) is 9.04. The van der Waals surface area contributed by atoms with Crippen molar-refractivity contribution in [3.05, 3.63) is 46.8 Å². The van der Waals surface area contributed by atoms with Crippen molar-refractivity contribution >= 4 is 23.1 Å². The average molecular weight is 376 g/mol. The molecule has 26 heavy (non-hydrogen) atoms. The molecule has 0 aromatic carbocycles. The molecule has 2 aromatic heterocycles. The minimum atomic E-state index is -0.949. The van der Waals surface area contributed by atoms with E-state index >= 15 is 0 Å². The zero-order chi connectivity index (χ0) is 18.7. The molecule has 0 aliphatic carbocycles. The largest absolute Gasteiger partial charge is 0.383 e. The first-order valence-corrected chi connectivity index (χ1v) is 9.98. The number of aliphatic hydroxyl groups is 1. The molecule has 1 unspecified atom stereocenters. The van der Waals surface area contributed by atoms with Gasteiger partial charge in [-0.15, -0.1) is 0 Å². The summed E-state index contributed by atoms with van der Waals surface area (Å²) >= 11 is 1.58. The highest BCUT2D eigenvalue weighted by Crippen LogP contribution is 2.23. The number of nitrogens with zero attached hydrogens (tertiary/aromatic N) is 2. The molecular weight excluding hydrogens is 346 g/mol. The molecule has 2 aromatic rings. The van der Waals surface area contributed by atoms with Crippen LogP contribution in [0.3, 0.4) is 0 Å². The molecule has 0 spiro atoms. The molecular formula is C19H29N5OS. The van der Waals surface area contributed by atoms with Crippen LogP contribution in [-0.2, 0) is 5.60 Å². The number of pyridine rings is 1. The van der Waals surface area contributed by atoms with Crippen LogP contribution in [0.2, 0.25) is 0 Å². The van der Waals surface area contributed by atoms with Crippen LogP contribution in [-0.4, -0.2) is 42.2 Å². The van der Waals surface area contributed by atoms with Crippen molar-refractivity contribution in [3.8, 4) is 0 Å². The summed E-state index contributed by atoms with van der Waals surface area (Å²) in [5.41, 5.74) is -0.0442. The van der Waals surface area contributed by atoms with Crippen molar-refractivity contribution in [1.82, 2.24) is 15.6 Å². The fraction of sp³-hybridized carbons (Fsp3) is 0.474. The van der Waals surface area contributed by atoms with E-state index in [0.717, 1.165) is 49.8 Å². The maximum atomic E-state index is 10.6. The second-order valence-electron chi connectivity index (χ2n) is 6.26. The number of anilines is 1. The van der Waals surface area contributed by atoms with Gasteiger partial charge in [-0.1, -0.05) is 6.07 Å². The molecule has 2 rings (SSSR count). The molecule has 0 aliphatic rings. The number of guanidine groups is 1. The minimum absolute atomic E-state index is 0.320. The van der Waals surface area contributed by atoms with Gasteiger partial charge in [0, 0.05) is 25.8 Å². The van der Waals surface area contributed by atoms with E-state index in [9.17, 15) is 5.11 Å². The Morgan fingerprint density at radius 1 is 1.23 bits per heavy atom. The maximum Gasteiger partial charge on any atom is 0.191 e. The Labute approximate surface area is 159 Å². The average Bonchev–Trinajstić information content (AvgIpc) is 3.19. The topological polar surface area (TPSA) is 81.6 Å². The van der Waals surface area contributed by atoms with Gasteiger partial charge >= 0.3 is 0 Å². The van der Waals surface area contributed by atoms with Gasteiger partial charge in [-0.05, 0) is 61.2 Å². The lowest BCUT2D eigenvalue weighted by Gasteiger charge is -2.21. The fourth-order valence-electron chi connectivity index (χ4n) is 2.38. The Balaban J connectivity index is 1.70. The van der Waals surface area contributed by atoms with Gasteiger partial charge in [-0.2, -0.15) is 11.3 Å². The Bertz CT molecular complexity index is 643. The lowest BCUT2D eigenvalue weighted by Crippen LogP contribution is -2.39. The minimum Gasteiger partial charge on any atom is -0.383 e. The van der Waals surface area contributed by atoms with Crippen LogP contribution < -0.4 is 16.0 Å². The molecule has 7 heteroatoms. The van der Waals surface area contributed by atoms with E-state index in [1.54, 1.807) is 24.5 Å². The van der Waals surface area contributed by atoms with Crippen LogP contribution in [0.25, 0.3) is 0 Å². The summed E-state index contributed by atoms with van der Waals surface area (Å²) in [6.45, 7) is 6.65. The summed E-state index contributed by atoms with van der Waals surface area (Å²) in [5.74, 6) is 1.65. The summed E-state index contributed by atoms with van der Waals surface area (Å²) in [6.07, 6.45) is 3.84. The summed E-state index contributed by atoms with van der Waals surface area (Å²) in [5, 5.41) is 24.4. The lowest BCUT2D eigenvalue weighted by molar-refractivity contribution is 0.0677. The molecule has 2 heterocycles. The normalized spacial score (nSPS) is 13.9. The van der Waals surface area contributed by atoms with Gasteiger partial charge in [0.05, 0.1) is 6.54 Å². The second kappa shape index (κ2) is 10.8. The molecule has 0 radical (unpaired) electrons. The monoisotopic (exact) mass is 375 g/mol. The number of rotatable bonds is 10. The Hall–Kier alpha value is -2.12. The number of nitrogens with one attached hydrogen (secondary N) is 3. The molecule has 0 aliphatic heterocycles. The molecule has 1 atom stereocenters. The third kappa shape index (κ3) is 7.01. The first-order chi connectivity index (χ1) is 12.6. The number of hydrogen-bond acceptors (Lipinski definition) is 5. The van der Waals surface area contributed by atoms with Crippen LogP contribution in [0.4, 0.5) is 5.82 Å². The van der Waals surface area contributed by atoms with Gasteiger partial charge < -0.3 is 21.1 Å². The molecule has 0 bridgehead atoms. The quantitative estimate of drug-likeness (QED) is 0.292. The Morgan fingerprint density at radius 3 is 2.77 bits per heavy atom. The van der Waals surface area contributed by atoms with E-state index in [4.69, 9.17) is 0 Å². The molecule has 4 N–H and O–H groups in total. The highest BCUT2D eigenvalue weighted by atomic mass is 32.1.